The second kappa shape index (κ2) is 6.89. The molecule has 1 aromatic heterocycles. The molecule has 0 aliphatic carbocycles. The van der Waals surface area contributed by atoms with E-state index in [4.69, 9.17) is 4.74 Å². The number of aromatic nitrogens is 2. The van der Waals surface area contributed by atoms with E-state index in [1.54, 1.807) is 6.92 Å². The second-order valence-corrected chi connectivity index (χ2v) is 6.83. The number of hydrogen-bond donors (Lipinski definition) is 0. The van der Waals surface area contributed by atoms with Crippen LogP contribution in [-0.2, 0) is 11.3 Å². The van der Waals surface area contributed by atoms with Crippen molar-refractivity contribution in [3.8, 4) is 11.4 Å². The summed E-state index contributed by atoms with van der Waals surface area (Å²) in [6, 6.07) is 2.09. The quantitative estimate of drug-likeness (QED) is 0.789. The van der Waals surface area contributed by atoms with E-state index < -0.39 is 0 Å². The molecule has 3 rings (SSSR count). The lowest BCUT2D eigenvalue weighted by Gasteiger charge is -2.24. The van der Waals surface area contributed by atoms with Crippen LogP contribution in [0.4, 0.5) is 0 Å². The molecule has 1 saturated heterocycles. The lowest BCUT2D eigenvalue weighted by molar-refractivity contribution is 0.00624. The molecular weight excluding hydrogens is 300 g/mol. The molecular formula is C20H26N2O2. The van der Waals surface area contributed by atoms with Crippen LogP contribution in [0.15, 0.2) is 18.5 Å². The number of ketones is 1. The minimum absolute atomic E-state index is 0.111. The summed E-state index contributed by atoms with van der Waals surface area (Å²) in [6.45, 7) is 9.43. The average Bonchev–Trinajstić information content (AvgIpc) is 2.95. The van der Waals surface area contributed by atoms with E-state index in [1.807, 2.05) is 26.2 Å². The van der Waals surface area contributed by atoms with Gasteiger partial charge in [0, 0.05) is 30.1 Å². The van der Waals surface area contributed by atoms with E-state index in [0.717, 1.165) is 59.6 Å². The first kappa shape index (κ1) is 16.9. The molecule has 1 aliphatic heterocycles. The third-order valence-electron chi connectivity index (χ3n) is 4.94. The molecule has 24 heavy (non-hydrogen) atoms. The van der Waals surface area contributed by atoms with Gasteiger partial charge in [-0.25, -0.2) is 4.98 Å². The summed E-state index contributed by atoms with van der Waals surface area (Å²) in [7, 11) is 0. The molecule has 0 bridgehead atoms. The zero-order valence-corrected chi connectivity index (χ0v) is 15.1. The maximum absolute atomic E-state index is 12.1. The maximum atomic E-state index is 12.1. The number of carbonyl (C=O) groups is 1. The monoisotopic (exact) mass is 326 g/mol. The number of nitrogens with zero attached hydrogens (tertiary/aromatic N) is 2. The minimum Gasteiger partial charge on any atom is -0.376 e. The molecule has 0 N–H and O–H groups in total. The first-order chi connectivity index (χ1) is 11.5. The molecule has 4 heteroatoms. The van der Waals surface area contributed by atoms with Gasteiger partial charge in [0.1, 0.15) is 5.82 Å². The molecule has 2 aromatic rings. The summed E-state index contributed by atoms with van der Waals surface area (Å²) in [6.07, 6.45) is 7.59. The van der Waals surface area contributed by atoms with Crippen LogP contribution in [0.3, 0.4) is 0 Å². The molecule has 2 heterocycles. The SMILES string of the molecule is CC(=O)c1c(C)cc(C)c(-c2nccn2C[C@@H]2CCCCO2)c1C. The fourth-order valence-corrected chi connectivity index (χ4v) is 3.93. The largest absolute Gasteiger partial charge is 0.376 e. The highest BCUT2D eigenvalue weighted by Gasteiger charge is 2.21. The third-order valence-corrected chi connectivity index (χ3v) is 4.94. The van der Waals surface area contributed by atoms with Crippen LogP contribution in [0, 0.1) is 20.8 Å². The van der Waals surface area contributed by atoms with Gasteiger partial charge in [0.05, 0.1) is 12.6 Å². The number of benzene rings is 1. The van der Waals surface area contributed by atoms with Crippen molar-refractivity contribution in [2.45, 2.75) is 59.6 Å². The zero-order chi connectivity index (χ0) is 17.3. The van der Waals surface area contributed by atoms with Crippen LogP contribution >= 0.6 is 0 Å². The number of hydrogen-bond acceptors (Lipinski definition) is 3. The first-order valence-electron chi connectivity index (χ1n) is 8.74. The molecule has 0 amide bonds. The molecule has 4 nitrogen and oxygen atoms in total. The van der Waals surface area contributed by atoms with Crippen LogP contribution in [0.1, 0.15) is 53.2 Å². The predicted octanol–water partition coefficient (Wildman–Crippen LogP) is 4.25. The van der Waals surface area contributed by atoms with Gasteiger partial charge in [-0.15, -0.1) is 0 Å². The number of rotatable bonds is 4. The summed E-state index contributed by atoms with van der Waals surface area (Å²) in [5, 5.41) is 0. The van der Waals surface area contributed by atoms with Gasteiger partial charge in [-0.1, -0.05) is 6.07 Å². The van der Waals surface area contributed by atoms with Crippen molar-refractivity contribution < 1.29 is 9.53 Å². The molecule has 1 aromatic carbocycles. The van der Waals surface area contributed by atoms with Crippen molar-refractivity contribution in [1.82, 2.24) is 9.55 Å². The Kier molecular flexibility index (Phi) is 4.86. The second-order valence-electron chi connectivity index (χ2n) is 6.83. The Hall–Kier alpha value is -1.94. The van der Waals surface area contributed by atoms with Gasteiger partial charge in [-0.05, 0) is 63.6 Å². The molecule has 1 fully saturated rings. The maximum Gasteiger partial charge on any atom is 0.160 e. The molecule has 0 radical (unpaired) electrons. The Balaban J connectivity index is 2.02. The highest BCUT2D eigenvalue weighted by molar-refractivity contribution is 5.99. The van der Waals surface area contributed by atoms with Crippen LogP contribution in [0.5, 0.6) is 0 Å². The van der Waals surface area contributed by atoms with Crippen LogP contribution in [-0.4, -0.2) is 28.0 Å². The van der Waals surface area contributed by atoms with Crippen molar-refractivity contribution in [1.29, 1.82) is 0 Å². The third kappa shape index (κ3) is 3.16. The predicted molar refractivity (Wildman–Crippen MR) is 95.5 cm³/mol. The molecule has 1 aliphatic rings. The van der Waals surface area contributed by atoms with E-state index in [1.165, 1.54) is 6.42 Å². The van der Waals surface area contributed by atoms with Crippen LogP contribution < -0.4 is 0 Å². The van der Waals surface area contributed by atoms with Crippen molar-refractivity contribution in [2.75, 3.05) is 6.61 Å². The highest BCUT2D eigenvalue weighted by atomic mass is 16.5. The van der Waals surface area contributed by atoms with Crippen molar-refractivity contribution >= 4 is 5.78 Å². The lowest BCUT2D eigenvalue weighted by atomic mass is 9.91. The van der Waals surface area contributed by atoms with E-state index in [-0.39, 0.29) is 11.9 Å². The van der Waals surface area contributed by atoms with Crippen LogP contribution in [0.2, 0.25) is 0 Å². The standard InChI is InChI=1S/C20H26N2O2/c1-13-11-14(2)19(15(3)18(13)16(4)23)20-21-8-9-22(20)12-17-7-5-6-10-24-17/h8-9,11,17H,5-7,10,12H2,1-4H3/t17-/m0/s1. The van der Waals surface area contributed by atoms with Gasteiger partial charge < -0.3 is 9.30 Å². The fraction of sp³-hybridized carbons (Fsp3) is 0.500. The summed E-state index contributed by atoms with van der Waals surface area (Å²) in [5.41, 5.74) is 5.12. The van der Waals surface area contributed by atoms with Gasteiger partial charge in [0.25, 0.3) is 0 Å². The van der Waals surface area contributed by atoms with E-state index in [9.17, 15) is 4.79 Å². The van der Waals surface area contributed by atoms with E-state index >= 15 is 0 Å². The minimum atomic E-state index is 0.111. The Labute approximate surface area is 143 Å². The number of ether oxygens (including phenoxy) is 1. The normalized spacial score (nSPS) is 17.9. The summed E-state index contributed by atoms with van der Waals surface area (Å²) in [5.74, 6) is 1.04. The molecule has 0 spiro atoms. The smallest absolute Gasteiger partial charge is 0.160 e. The summed E-state index contributed by atoms with van der Waals surface area (Å²) < 4.78 is 8.05. The fourth-order valence-electron chi connectivity index (χ4n) is 3.93. The van der Waals surface area contributed by atoms with Gasteiger partial charge in [-0.3, -0.25) is 4.79 Å². The van der Waals surface area contributed by atoms with Crippen molar-refractivity contribution in [3.05, 3.63) is 40.7 Å². The van der Waals surface area contributed by atoms with Gasteiger partial charge in [0.2, 0.25) is 0 Å². The Morgan fingerprint density at radius 3 is 2.75 bits per heavy atom. The Morgan fingerprint density at radius 1 is 1.29 bits per heavy atom. The van der Waals surface area contributed by atoms with E-state index in [2.05, 4.69) is 22.5 Å². The number of carbonyl (C=O) groups excluding carboxylic acids is 1. The Morgan fingerprint density at radius 2 is 2.08 bits per heavy atom. The van der Waals surface area contributed by atoms with Crippen LogP contribution in [0.25, 0.3) is 11.4 Å². The summed E-state index contributed by atoms with van der Waals surface area (Å²) in [4.78, 5) is 16.7. The molecule has 128 valence electrons. The van der Waals surface area contributed by atoms with Gasteiger partial charge in [-0.2, -0.15) is 0 Å². The highest BCUT2D eigenvalue weighted by Crippen LogP contribution is 2.31. The lowest BCUT2D eigenvalue weighted by Crippen LogP contribution is -2.24. The zero-order valence-electron chi connectivity index (χ0n) is 15.1. The average molecular weight is 326 g/mol. The molecule has 0 saturated carbocycles. The number of Topliss-reactive ketones (excluding diaryl/α,β-unsaturated/α-hetero) is 1. The Bertz CT molecular complexity index is 755. The number of aryl methyl sites for hydroxylation is 2. The van der Waals surface area contributed by atoms with Crippen molar-refractivity contribution in [3.63, 3.8) is 0 Å². The molecule has 0 unspecified atom stereocenters. The summed E-state index contributed by atoms with van der Waals surface area (Å²) >= 11 is 0. The van der Waals surface area contributed by atoms with Crippen molar-refractivity contribution in [2.24, 2.45) is 0 Å². The van der Waals surface area contributed by atoms with E-state index in [0.29, 0.717) is 0 Å². The topological polar surface area (TPSA) is 44.1 Å². The van der Waals surface area contributed by atoms with Gasteiger partial charge in [0.15, 0.2) is 5.78 Å². The first-order valence-corrected chi connectivity index (χ1v) is 8.74. The molecule has 1 atom stereocenters. The number of imidazole rings is 1. The van der Waals surface area contributed by atoms with Gasteiger partial charge >= 0.3 is 0 Å².